The van der Waals surface area contributed by atoms with Crippen molar-refractivity contribution in [1.82, 2.24) is 13.8 Å². The molecular weight excluding hydrogens is 410 g/mol. The lowest BCUT2D eigenvalue weighted by atomic mass is 10.1. The molecule has 0 radical (unpaired) electrons. The van der Waals surface area contributed by atoms with Crippen LogP contribution in [0.5, 0.6) is 0 Å². The van der Waals surface area contributed by atoms with Gasteiger partial charge in [0.15, 0.2) is 0 Å². The molecule has 1 saturated heterocycles. The Kier molecular flexibility index (Phi) is 5.45. The van der Waals surface area contributed by atoms with Gasteiger partial charge in [0.2, 0.25) is 10.0 Å². The fourth-order valence-corrected chi connectivity index (χ4v) is 4.90. The molecule has 1 aromatic heterocycles. The number of benzene rings is 2. The molecule has 1 aliphatic rings. The summed E-state index contributed by atoms with van der Waals surface area (Å²) < 4.78 is 28.9. The van der Waals surface area contributed by atoms with Gasteiger partial charge in [0.25, 0.3) is 5.91 Å². The number of carbonyl (C=O) groups is 1. The summed E-state index contributed by atoms with van der Waals surface area (Å²) in [7, 11) is -3.59. The second-order valence-corrected chi connectivity index (χ2v) is 9.16. The predicted octanol–water partition coefficient (Wildman–Crippen LogP) is 3.28. The number of nitrogens with zero attached hydrogens (tertiary/aromatic N) is 3. The van der Waals surface area contributed by atoms with Crippen LogP contribution in [-0.2, 0) is 10.0 Å². The van der Waals surface area contributed by atoms with Gasteiger partial charge < -0.3 is 9.47 Å². The highest BCUT2D eigenvalue weighted by Gasteiger charge is 2.30. The Balaban J connectivity index is 1.41. The zero-order chi connectivity index (χ0) is 20.4. The molecule has 3 aromatic rings. The van der Waals surface area contributed by atoms with E-state index in [1.165, 1.54) is 16.4 Å². The molecule has 150 valence electrons. The van der Waals surface area contributed by atoms with Crippen LogP contribution in [-0.4, -0.2) is 54.3 Å². The average molecular weight is 430 g/mol. The third kappa shape index (κ3) is 4.07. The molecule has 4 rings (SSSR count). The summed E-state index contributed by atoms with van der Waals surface area (Å²) in [6, 6.07) is 17.4. The fraction of sp³-hybridized carbons (Fsp3) is 0.190. The van der Waals surface area contributed by atoms with Crippen LogP contribution in [0.1, 0.15) is 10.4 Å². The summed E-state index contributed by atoms with van der Waals surface area (Å²) in [4.78, 5) is 14.7. The van der Waals surface area contributed by atoms with E-state index >= 15 is 0 Å². The number of rotatable bonds is 4. The normalized spacial score (nSPS) is 15.4. The number of hydrogen-bond acceptors (Lipinski definition) is 3. The van der Waals surface area contributed by atoms with Crippen molar-refractivity contribution in [3.8, 4) is 5.69 Å². The zero-order valence-electron chi connectivity index (χ0n) is 15.6. The minimum Gasteiger partial charge on any atom is -0.336 e. The van der Waals surface area contributed by atoms with Crippen molar-refractivity contribution >= 4 is 27.5 Å². The molecule has 1 aliphatic heterocycles. The highest BCUT2D eigenvalue weighted by molar-refractivity contribution is 7.89. The summed E-state index contributed by atoms with van der Waals surface area (Å²) in [5, 5.41) is 0.488. The molecule has 0 bridgehead atoms. The van der Waals surface area contributed by atoms with Gasteiger partial charge in [0, 0.05) is 54.8 Å². The van der Waals surface area contributed by atoms with Crippen LogP contribution < -0.4 is 0 Å². The van der Waals surface area contributed by atoms with Crippen molar-refractivity contribution in [2.45, 2.75) is 4.90 Å². The predicted molar refractivity (Wildman–Crippen MR) is 112 cm³/mol. The van der Waals surface area contributed by atoms with Crippen molar-refractivity contribution in [3.63, 3.8) is 0 Å². The van der Waals surface area contributed by atoms with Crippen LogP contribution in [0.4, 0.5) is 0 Å². The summed E-state index contributed by atoms with van der Waals surface area (Å²) >= 11 is 5.84. The van der Waals surface area contributed by atoms with E-state index in [4.69, 9.17) is 11.6 Å². The topological polar surface area (TPSA) is 62.6 Å². The highest BCUT2D eigenvalue weighted by atomic mass is 35.5. The smallest absolute Gasteiger partial charge is 0.253 e. The Morgan fingerprint density at radius 2 is 1.41 bits per heavy atom. The van der Waals surface area contributed by atoms with E-state index in [-0.39, 0.29) is 23.9 Å². The minimum atomic E-state index is -3.59. The third-order valence-corrected chi connectivity index (χ3v) is 7.16. The standard InChI is InChI=1S/C21H20ClN3O3S/c22-18-5-9-20(10-6-18)29(27,28)25-15-13-24(14-16-25)21(26)17-3-7-19(8-4-17)23-11-1-2-12-23/h1-12H,13-16H2. The Hall–Kier alpha value is -2.61. The lowest BCUT2D eigenvalue weighted by Gasteiger charge is -2.34. The number of sulfonamides is 1. The summed E-state index contributed by atoms with van der Waals surface area (Å²) in [5.74, 6) is -0.0902. The first kappa shape index (κ1) is 19.7. The maximum absolute atomic E-state index is 12.8. The molecule has 0 spiro atoms. The second-order valence-electron chi connectivity index (χ2n) is 6.79. The number of amides is 1. The molecule has 0 aliphatic carbocycles. The zero-order valence-corrected chi connectivity index (χ0v) is 17.2. The van der Waals surface area contributed by atoms with Crippen LogP contribution in [0.3, 0.4) is 0 Å². The first-order chi connectivity index (χ1) is 13.9. The van der Waals surface area contributed by atoms with Crippen molar-refractivity contribution in [2.24, 2.45) is 0 Å². The molecular formula is C21H20ClN3O3S. The van der Waals surface area contributed by atoms with E-state index in [9.17, 15) is 13.2 Å². The SMILES string of the molecule is O=C(c1ccc(-n2cccc2)cc1)N1CCN(S(=O)(=O)c2ccc(Cl)cc2)CC1. The monoisotopic (exact) mass is 429 g/mol. The Labute approximate surface area is 175 Å². The summed E-state index contributed by atoms with van der Waals surface area (Å²) in [5.41, 5.74) is 1.57. The van der Waals surface area contributed by atoms with Crippen molar-refractivity contribution in [1.29, 1.82) is 0 Å². The Bertz CT molecular complexity index is 1090. The molecule has 2 heterocycles. The van der Waals surface area contributed by atoms with Gasteiger partial charge in [0.1, 0.15) is 0 Å². The maximum atomic E-state index is 12.8. The van der Waals surface area contributed by atoms with Gasteiger partial charge >= 0.3 is 0 Å². The lowest BCUT2D eigenvalue weighted by Crippen LogP contribution is -2.50. The number of piperazine rings is 1. The molecule has 8 heteroatoms. The number of halogens is 1. The van der Waals surface area contributed by atoms with Gasteiger partial charge in [0.05, 0.1) is 4.90 Å². The number of aromatic nitrogens is 1. The van der Waals surface area contributed by atoms with E-state index < -0.39 is 10.0 Å². The van der Waals surface area contributed by atoms with Gasteiger partial charge in [-0.2, -0.15) is 4.31 Å². The van der Waals surface area contributed by atoms with Crippen LogP contribution in [0.2, 0.25) is 5.02 Å². The summed E-state index contributed by atoms with van der Waals surface area (Å²) in [6.45, 7) is 1.23. The third-order valence-electron chi connectivity index (χ3n) is 4.99. The average Bonchev–Trinajstić information content (AvgIpc) is 3.29. The van der Waals surface area contributed by atoms with Crippen LogP contribution in [0.25, 0.3) is 5.69 Å². The second kappa shape index (κ2) is 8.02. The first-order valence-corrected chi connectivity index (χ1v) is 11.1. The van der Waals surface area contributed by atoms with Gasteiger partial charge in [-0.05, 0) is 60.7 Å². The van der Waals surface area contributed by atoms with Crippen LogP contribution in [0.15, 0.2) is 78.0 Å². The van der Waals surface area contributed by atoms with Gasteiger partial charge in [-0.15, -0.1) is 0 Å². The molecule has 1 amide bonds. The fourth-order valence-electron chi connectivity index (χ4n) is 3.35. The van der Waals surface area contributed by atoms with Crippen molar-refractivity contribution in [2.75, 3.05) is 26.2 Å². The molecule has 2 aromatic carbocycles. The molecule has 0 unspecified atom stereocenters. The Morgan fingerprint density at radius 3 is 2.00 bits per heavy atom. The van der Waals surface area contributed by atoms with Gasteiger partial charge in [-0.25, -0.2) is 8.42 Å². The van der Waals surface area contributed by atoms with Gasteiger partial charge in [-0.1, -0.05) is 11.6 Å². The highest BCUT2D eigenvalue weighted by Crippen LogP contribution is 2.21. The van der Waals surface area contributed by atoms with E-state index in [2.05, 4.69) is 0 Å². The molecule has 0 N–H and O–H groups in total. The van der Waals surface area contributed by atoms with Gasteiger partial charge in [-0.3, -0.25) is 4.79 Å². The number of carbonyl (C=O) groups excluding carboxylic acids is 1. The molecule has 6 nitrogen and oxygen atoms in total. The Morgan fingerprint density at radius 1 is 0.828 bits per heavy atom. The van der Waals surface area contributed by atoms with E-state index in [0.717, 1.165) is 5.69 Å². The van der Waals surface area contributed by atoms with Crippen LogP contribution >= 0.6 is 11.6 Å². The quantitative estimate of drug-likeness (QED) is 0.639. The van der Waals surface area contributed by atoms with E-state index in [1.807, 2.05) is 41.2 Å². The maximum Gasteiger partial charge on any atom is 0.253 e. The minimum absolute atomic E-state index is 0.0902. The van der Waals surface area contributed by atoms with Crippen LogP contribution in [0, 0.1) is 0 Å². The van der Waals surface area contributed by atoms with E-state index in [0.29, 0.717) is 23.7 Å². The van der Waals surface area contributed by atoms with Crippen molar-refractivity contribution < 1.29 is 13.2 Å². The first-order valence-electron chi connectivity index (χ1n) is 9.23. The largest absolute Gasteiger partial charge is 0.336 e. The number of hydrogen-bond donors (Lipinski definition) is 0. The molecule has 1 fully saturated rings. The summed E-state index contributed by atoms with van der Waals surface area (Å²) in [6.07, 6.45) is 3.88. The molecule has 0 saturated carbocycles. The van der Waals surface area contributed by atoms with E-state index in [1.54, 1.807) is 29.2 Å². The molecule has 0 atom stereocenters. The molecule has 29 heavy (non-hydrogen) atoms. The lowest BCUT2D eigenvalue weighted by molar-refractivity contribution is 0.0698. The van der Waals surface area contributed by atoms with Crippen molar-refractivity contribution in [3.05, 3.63) is 83.6 Å².